The highest BCUT2D eigenvalue weighted by atomic mass is 16.5. The molecule has 3 N–H and O–H groups in total. The van der Waals surface area contributed by atoms with E-state index in [9.17, 15) is 19.6 Å². The summed E-state index contributed by atoms with van der Waals surface area (Å²) in [6.45, 7) is 7.59. The minimum atomic E-state index is -0.860. The third-order valence-electron chi connectivity index (χ3n) is 5.88. The molecule has 7 heteroatoms. The Bertz CT molecular complexity index is 759. The molecule has 0 radical (unpaired) electrons. The number of rotatable bonds is 12. The number of nitrogens with one attached hydrogen (secondary N) is 2. The summed E-state index contributed by atoms with van der Waals surface area (Å²) < 4.78 is 5.69. The van der Waals surface area contributed by atoms with Gasteiger partial charge in [-0.05, 0) is 50.0 Å². The van der Waals surface area contributed by atoms with Crippen LogP contribution in [-0.4, -0.2) is 35.1 Å². The molecule has 1 aromatic rings. The van der Waals surface area contributed by atoms with E-state index in [2.05, 4.69) is 11.9 Å². The van der Waals surface area contributed by atoms with Gasteiger partial charge in [-0.1, -0.05) is 50.3 Å². The maximum atomic E-state index is 13.3. The summed E-state index contributed by atoms with van der Waals surface area (Å²) in [7, 11) is 0. The van der Waals surface area contributed by atoms with Crippen molar-refractivity contribution >= 4 is 17.8 Å². The van der Waals surface area contributed by atoms with Crippen molar-refractivity contribution in [2.45, 2.75) is 70.9 Å². The third kappa shape index (κ3) is 7.79. The lowest BCUT2D eigenvalue weighted by Crippen LogP contribution is -2.49. The van der Waals surface area contributed by atoms with Gasteiger partial charge in [-0.15, -0.1) is 6.58 Å². The van der Waals surface area contributed by atoms with Crippen LogP contribution in [0.5, 0.6) is 0 Å². The number of benzene rings is 1. The van der Waals surface area contributed by atoms with Crippen LogP contribution in [0.25, 0.3) is 0 Å². The predicted octanol–water partition coefficient (Wildman–Crippen LogP) is 3.56. The van der Waals surface area contributed by atoms with Crippen LogP contribution in [-0.2, 0) is 25.5 Å². The quantitative estimate of drug-likeness (QED) is 0.198. The first kappa shape index (κ1) is 25.6. The molecular formula is C25H36N2O5. The van der Waals surface area contributed by atoms with Crippen molar-refractivity contribution in [2.24, 2.45) is 17.8 Å². The minimum Gasteiger partial charge on any atom is -0.461 e. The highest BCUT2D eigenvalue weighted by molar-refractivity contribution is 5.90. The number of carbonyl (C=O) groups is 3. The first-order chi connectivity index (χ1) is 15.3. The second kappa shape index (κ2) is 13.0. The fourth-order valence-electron chi connectivity index (χ4n) is 4.25. The number of esters is 1. The van der Waals surface area contributed by atoms with Crippen LogP contribution in [0.1, 0.15) is 57.9 Å². The standard InChI is InChI=1S/C25H36N2O5/c1-4-10-20(24(29)27-31)21(15-17(2)3)23(28)26-22(16-18-11-6-5-7-12-18)25(30)32-19-13-8-9-14-19/h4-7,11-12,17,19-22,31H,1,8-10,13-16H2,2-3H3,(H,26,28)(H,27,29)/t20-,21+,22-/m0/s1. The molecule has 32 heavy (non-hydrogen) atoms. The van der Waals surface area contributed by atoms with Crippen molar-refractivity contribution in [3.05, 3.63) is 48.6 Å². The van der Waals surface area contributed by atoms with Gasteiger partial charge in [0.25, 0.3) is 0 Å². The van der Waals surface area contributed by atoms with Gasteiger partial charge in [0.15, 0.2) is 0 Å². The summed E-state index contributed by atoms with van der Waals surface area (Å²) in [4.78, 5) is 38.6. The fraction of sp³-hybridized carbons (Fsp3) is 0.560. The molecule has 0 unspecified atom stereocenters. The molecular weight excluding hydrogens is 408 g/mol. The molecule has 1 saturated carbocycles. The van der Waals surface area contributed by atoms with E-state index < -0.39 is 35.7 Å². The van der Waals surface area contributed by atoms with E-state index in [-0.39, 0.29) is 18.4 Å². The van der Waals surface area contributed by atoms with Crippen molar-refractivity contribution in [2.75, 3.05) is 0 Å². The van der Waals surface area contributed by atoms with E-state index >= 15 is 0 Å². The van der Waals surface area contributed by atoms with Crippen molar-refractivity contribution in [1.29, 1.82) is 0 Å². The average molecular weight is 445 g/mol. The Morgan fingerprint density at radius 3 is 2.34 bits per heavy atom. The molecule has 1 fully saturated rings. The van der Waals surface area contributed by atoms with Crippen LogP contribution >= 0.6 is 0 Å². The molecule has 1 aliphatic rings. The molecule has 0 aliphatic heterocycles. The van der Waals surface area contributed by atoms with Crippen molar-refractivity contribution < 1.29 is 24.3 Å². The maximum Gasteiger partial charge on any atom is 0.329 e. The Balaban J connectivity index is 2.23. The van der Waals surface area contributed by atoms with Crippen LogP contribution in [0.15, 0.2) is 43.0 Å². The number of ether oxygens (including phenoxy) is 1. The maximum absolute atomic E-state index is 13.3. The van der Waals surface area contributed by atoms with Crippen LogP contribution in [0.2, 0.25) is 0 Å². The van der Waals surface area contributed by atoms with E-state index in [1.165, 1.54) is 0 Å². The molecule has 3 atom stereocenters. The third-order valence-corrected chi connectivity index (χ3v) is 5.88. The van der Waals surface area contributed by atoms with Gasteiger partial charge < -0.3 is 10.1 Å². The van der Waals surface area contributed by atoms with Crippen molar-refractivity contribution in [3.8, 4) is 0 Å². The minimum absolute atomic E-state index is 0.113. The molecule has 2 rings (SSSR count). The fourth-order valence-corrected chi connectivity index (χ4v) is 4.25. The highest BCUT2D eigenvalue weighted by Gasteiger charge is 2.36. The average Bonchev–Trinajstić information content (AvgIpc) is 3.28. The van der Waals surface area contributed by atoms with Gasteiger partial charge in [0, 0.05) is 6.42 Å². The molecule has 7 nitrogen and oxygen atoms in total. The first-order valence-electron chi connectivity index (χ1n) is 11.4. The van der Waals surface area contributed by atoms with Gasteiger partial charge in [0.05, 0.1) is 11.8 Å². The van der Waals surface area contributed by atoms with Gasteiger partial charge in [-0.2, -0.15) is 0 Å². The Kier molecular flexibility index (Phi) is 10.4. The summed E-state index contributed by atoms with van der Waals surface area (Å²) in [6, 6.07) is 8.58. The summed E-state index contributed by atoms with van der Waals surface area (Å²) in [5, 5.41) is 12.0. The summed E-state index contributed by atoms with van der Waals surface area (Å²) in [6.07, 6.45) is 6.13. The second-order valence-corrected chi connectivity index (χ2v) is 8.94. The van der Waals surface area contributed by atoms with Crippen LogP contribution in [0.3, 0.4) is 0 Å². The Labute approximate surface area is 190 Å². The normalized spacial score (nSPS) is 16.8. The molecule has 2 amide bonds. The van der Waals surface area contributed by atoms with E-state index in [1.54, 1.807) is 11.6 Å². The van der Waals surface area contributed by atoms with Gasteiger partial charge in [0.1, 0.15) is 12.1 Å². The monoisotopic (exact) mass is 444 g/mol. The topological polar surface area (TPSA) is 105 Å². The van der Waals surface area contributed by atoms with Crippen LogP contribution < -0.4 is 10.8 Å². The smallest absolute Gasteiger partial charge is 0.329 e. The number of hydrogen-bond acceptors (Lipinski definition) is 5. The molecule has 176 valence electrons. The molecule has 0 saturated heterocycles. The molecule has 0 aromatic heterocycles. The summed E-state index contributed by atoms with van der Waals surface area (Å²) in [5.41, 5.74) is 2.56. The van der Waals surface area contributed by atoms with E-state index in [1.807, 2.05) is 44.2 Å². The van der Waals surface area contributed by atoms with E-state index in [0.29, 0.717) is 12.8 Å². The van der Waals surface area contributed by atoms with Crippen molar-refractivity contribution in [3.63, 3.8) is 0 Å². The largest absolute Gasteiger partial charge is 0.461 e. The molecule has 0 heterocycles. The second-order valence-electron chi connectivity index (χ2n) is 8.94. The first-order valence-corrected chi connectivity index (χ1v) is 11.4. The molecule has 1 aromatic carbocycles. The van der Waals surface area contributed by atoms with E-state index in [4.69, 9.17) is 4.74 Å². The number of hydrogen-bond donors (Lipinski definition) is 3. The number of carbonyl (C=O) groups excluding carboxylic acids is 3. The SMILES string of the molecule is C=CC[C@H](C(=O)NO)[C@@H](CC(C)C)C(=O)N[C@@H](Cc1ccccc1)C(=O)OC1CCCC1. The Morgan fingerprint density at radius 1 is 1.12 bits per heavy atom. The molecule has 0 spiro atoms. The van der Waals surface area contributed by atoms with Gasteiger partial charge in [-0.25, -0.2) is 10.3 Å². The van der Waals surface area contributed by atoms with Crippen LogP contribution in [0.4, 0.5) is 0 Å². The molecule has 0 bridgehead atoms. The predicted molar refractivity (Wildman–Crippen MR) is 122 cm³/mol. The number of hydroxylamine groups is 1. The number of allylic oxidation sites excluding steroid dienone is 1. The Morgan fingerprint density at radius 2 is 1.78 bits per heavy atom. The lowest BCUT2D eigenvalue weighted by Gasteiger charge is -2.28. The lowest BCUT2D eigenvalue weighted by molar-refractivity contribution is -0.153. The Hall–Kier alpha value is -2.67. The lowest BCUT2D eigenvalue weighted by atomic mass is 9.82. The van der Waals surface area contributed by atoms with Gasteiger partial charge in [0.2, 0.25) is 11.8 Å². The van der Waals surface area contributed by atoms with E-state index in [0.717, 1.165) is 31.2 Å². The zero-order valence-corrected chi connectivity index (χ0v) is 19.1. The van der Waals surface area contributed by atoms with Crippen molar-refractivity contribution in [1.82, 2.24) is 10.8 Å². The number of amides is 2. The van der Waals surface area contributed by atoms with Gasteiger partial charge in [-0.3, -0.25) is 14.8 Å². The summed E-state index contributed by atoms with van der Waals surface area (Å²) in [5.74, 6) is -2.88. The zero-order valence-electron chi connectivity index (χ0n) is 19.1. The summed E-state index contributed by atoms with van der Waals surface area (Å²) >= 11 is 0. The zero-order chi connectivity index (χ0) is 23.5. The van der Waals surface area contributed by atoms with Crippen LogP contribution in [0, 0.1) is 17.8 Å². The highest BCUT2D eigenvalue weighted by Crippen LogP contribution is 2.26. The molecule has 1 aliphatic carbocycles. The van der Waals surface area contributed by atoms with Gasteiger partial charge >= 0.3 is 5.97 Å².